The second-order valence-electron chi connectivity index (χ2n) is 4.52. The number of rotatable bonds is 3. The van der Waals surface area contributed by atoms with Gasteiger partial charge in [-0.25, -0.2) is 0 Å². The van der Waals surface area contributed by atoms with Crippen molar-refractivity contribution in [2.75, 3.05) is 0 Å². The lowest BCUT2D eigenvalue weighted by Crippen LogP contribution is -1.99. The molecule has 0 atom stereocenters. The van der Waals surface area contributed by atoms with E-state index in [-0.39, 0.29) is 6.42 Å². The van der Waals surface area contributed by atoms with Gasteiger partial charge in [-0.3, -0.25) is 4.79 Å². The Balaban J connectivity index is 2.19. The van der Waals surface area contributed by atoms with Gasteiger partial charge in [0.05, 0.1) is 6.42 Å². The van der Waals surface area contributed by atoms with Crippen molar-refractivity contribution in [2.24, 2.45) is 0 Å². The summed E-state index contributed by atoms with van der Waals surface area (Å²) in [6, 6.07) is 6.59. The quantitative estimate of drug-likeness (QED) is 0.943. The fourth-order valence-corrected chi connectivity index (χ4v) is 2.60. The lowest BCUT2D eigenvalue weighted by atomic mass is 10.1. The van der Waals surface area contributed by atoms with Crippen molar-refractivity contribution < 1.29 is 9.90 Å². The van der Waals surface area contributed by atoms with E-state index >= 15 is 0 Å². The van der Waals surface area contributed by atoms with Crippen LogP contribution in [0.3, 0.4) is 0 Å². The molecule has 0 amide bonds. The number of carboxylic acids is 1. The van der Waals surface area contributed by atoms with Gasteiger partial charge in [0.25, 0.3) is 0 Å². The molecule has 1 aromatic heterocycles. The van der Waals surface area contributed by atoms with Gasteiger partial charge in [0.1, 0.15) is 0 Å². The van der Waals surface area contributed by atoms with Gasteiger partial charge >= 0.3 is 5.97 Å². The average molecular weight is 294 g/mol. The molecule has 1 N–H and O–H groups in total. The van der Waals surface area contributed by atoms with Gasteiger partial charge in [0, 0.05) is 27.6 Å². The molecular formula is C13H12BrNO2. The molecule has 1 heterocycles. The maximum Gasteiger partial charge on any atom is 0.307 e. The highest BCUT2D eigenvalue weighted by Gasteiger charge is 2.26. The molecule has 0 unspecified atom stereocenters. The molecule has 3 nitrogen and oxygen atoms in total. The Morgan fingerprint density at radius 3 is 2.88 bits per heavy atom. The first-order chi connectivity index (χ1) is 8.15. The zero-order valence-electron chi connectivity index (χ0n) is 9.19. The molecule has 0 aliphatic heterocycles. The molecule has 1 aliphatic carbocycles. The predicted octanol–water partition coefficient (Wildman–Crippen LogP) is 3.37. The van der Waals surface area contributed by atoms with Gasteiger partial charge in [-0.05, 0) is 30.5 Å². The summed E-state index contributed by atoms with van der Waals surface area (Å²) in [5, 5.41) is 9.98. The summed E-state index contributed by atoms with van der Waals surface area (Å²) in [5.74, 6) is -0.775. The van der Waals surface area contributed by atoms with Crippen LogP contribution in [-0.2, 0) is 11.2 Å². The molecule has 1 aliphatic rings. The molecule has 1 aromatic carbocycles. The van der Waals surface area contributed by atoms with E-state index in [0.717, 1.165) is 20.9 Å². The lowest BCUT2D eigenvalue weighted by Gasteiger charge is -2.01. The van der Waals surface area contributed by atoms with Gasteiger partial charge in [-0.1, -0.05) is 22.0 Å². The number of fused-ring (bicyclic) bond motifs is 1. The monoisotopic (exact) mass is 293 g/mol. The van der Waals surface area contributed by atoms with E-state index in [0.29, 0.717) is 6.04 Å². The number of carbonyl (C=O) groups is 1. The highest BCUT2D eigenvalue weighted by molar-refractivity contribution is 9.10. The second kappa shape index (κ2) is 3.88. The molecule has 3 rings (SSSR count). The SMILES string of the molecule is O=C(O)Cc1cn(C2CC2)c2cc(Br)ccc12. The van der Waals surface area contributed by atoms with Crippen LogP contribution in [0.25, 0.3) is 10.9 Å². The predicted molar refractivity (Wildman–Crippen MR) is 69.2 cm³/mol. The normalized spacial score (nSPS) is 15.4. The minimum absolute atomic E-state index is 0.0951. The Hall–Kier alpha value is -1.29. The molecule has 0 bridgehead atoms. The van der Waals surface area contributed by atoms with Gasteiger partial charge in [0.2, 0.25) is 0 Å². The van der Waals surface area contributed by atoms with Crippen molar-refractivity contribution in [1.82, 2.24) is 4.57 Å². The fourth-order valence-electron chi connectivity index (χ4n) is 2.26. The molecule has 17 heavy (non-hydrogen) atoms. The highest BCUT2D eigenvalue weighted by atomic mass is 79.9. The second-order valence-corrected chi connectivity index (χ2v) is 5.44. The smallest absolute Gasteiger partial charge is 0.307 e. The topological polar surface area (TPSA) is 42.2 Å². The summed E-state index contributed by atoms with van der Waals surface area (Å²) in [6.45, 7) is 0. The van der Waals surface area contributed by atoms with Crippen LogP contribution >= 0.6 is 15.9 Å². The Bertz CT molecular complexity index is 599. The Morgan fingerprint density at radius 1 is 1.47 bits per heavy atom. The van der Waals surface area contributed by atoms with Crippen LogP contribution in [-0.4, -0.2) is 15.6 Å². The number of hydrogen-bond donors (Lipinski definition) is 1. The minimum atomic E-state index is -0.775. The average Bonchev–Trinajstić information content (AvgIpc) is 3.03. The largest absolute Gasteiger partial charge is 0.481 e. The molecule has 1 saturated carbocycles. The third-order valence-electron chi connectivity index (χ3n) is 3.16. The zero-order chi connectivity index (χ0) is 12.0. The van der Waals surface area contributed by atoms with Crippen molar-refractivity contribution in [1.29, 1.82) is 0 Å². The number of aromatic nitrogens is 1. The minimum Gasteiger partial charge on any atom is -0.481 e. The van der Waals surface area contributed by atoms with E-state index in [1.54, 1.807) is 0 Å². The Labute approximate surface area is 107 Å². The fraction of sp³-hybridized carbons (Fsp3) is 0.308. The van der Waals surface area contributed by atoms with Crippen molar-refractivity contribution in [3.05, 3.63) is 34.4 Å². The van der Waals surface area contributed by atoms with Crippen LogP contribution < -0.4 is 0 Å². The summed E-state index contributed by atoms with van der Waals surface area (Å²) >= 11 is 3.47. The number of aliphatic carboxylic acids is 1. The van der Waals surface area contributed by atoms with Crippen LogP contribution in [0.5, 0.6) is 0 Å². The van der Waals surface area contributed by atoms with Crippen LogP contribution in [0.2, 0.25) is 0 Å². The van der Waals surface area contributed by atoms with E-state index in [2.05, 4.69) is 26.6 Å². The first-order valence-electron chi connectivity index (χ1n) is 5.66. The van der Waals surface area contributed by atoms with Crippen molar-refractivity contribution in [3.8, 4) is 0 Å². The molecule has 0 spiro atoms. The molecule has 2 aromatic rings. The van der Waals surface area contributed by atoms with E-state index in [9.17, 15) is 4.79 Å². The third-order valence-corrected chi connectivity index (χ3v) is 3.65. The Morgan fingerprint density at radius 2 is 2.24 bits per heavy atom. The van der Waals surface area contributed by atoms with Gasteiger partial charge in [-0.15, -0.1) is 0 Å². The maximum absolute atomic E-state index is 10.9. The standard InChI is InChI=1S/C13H12BrNO2/c14-9-1-4-11-8(5-13(16)17)7-15(10-2-3-10)12(11)6-9/h1,4,6-7,10H,2-3,5H2,(H,16,17). The number of carboxylic acid groups (broad SMARTS) is 1. The van der Waals surface area contributed by atoms with E-state index in [1.165, 1.54) is 12.8 Å². The molecule has 0 radical (unpaired) electrons. The summed E-state index contributed by atoms with van der Waals surface area (Å²) in [7, 11) is 0. The number of benzene rings is 1. The molecule has 0 saturated heterocycles. The lowest BCUT2D eigenvalue weighted by molar-refractivity contribution is -0.136. The maximum atomic E-state index is 10.9. The van der Waals surface area contributed by atoms with Crippen molar-refractivity contribution >= 4 is 32.8 Å². The van der Waals surface area contributed by atoms with E-state index < -0.39 is 5.97 Å². The van der Waals surface area contributed by atoms with E-state index in [1.807, 2.05) is 18.3 Å². The van der Waals surface area contributed by atoms with Crippen LogP contribution in [0.1, 0.15) is 24.4 Å². The number of halogens is 1. The summed E-state index contributed by atoms with van der Waals surface area (Å²) in [4.78, 5) is 10.9. The Kier molecular flexibility index (Phi) is 2.47. The van der Waals surface area contributed by atoms with E-state index in [4.69, 9.17) is 5.11 Å². The van der Waals surface area contributed by atoms with Gasteiger partial charge in [0.15, 0.2) is 0 Å². The molecular weight excluding hydrogens is 282 g/mol. The van der Waals surface area contributed by atoms with Crippen LogP contribution in [0.15, 0.2) is 28.9 Å². The number of hydrogen-bond acceptors (Lipinski definition) is 1. The third kappa shape index (κ3) is 1.97. The summed E-state index contributed by atoms with van der Waals surface area (Å²) in [6.07, 6.45) is 4.49. The van der Waals surface area contributed by atoms with Gasteiger partial charge in [-0.2, -0.15) is 0 Å². The first-order valence-corrected chi connectivity index (χ1v) is 6.45. The molecule has 1 fully saturated rings. The molecule has 88 valence electrons. The van der Waals surface area contributed by atoms with Crippen LogP contribution in [0, 0.1) is 0 Å². The summed E-state index contributed by atoms with van der Waals surface area (Å²) < 4.78 is 3.25. The molecule has 4 heteroatoms. The van der Waals surface area contributed by atoms with Crippen molar-refractivity contribution in [2.45, 2.75) is 25.3 Å². The number of nitrogens with zero attached hydrogens (tertiary/aromatic N) is 1. The van der Waals surface area contributed by atoms with Gasteiger partial charge < -0.3 is 9.67 Å². The first kappa shape index (κ1) is 10.8. The zero-order valence-corrected chi connectivity index (χ0v) is 10.8. The highest BCUT2D eigenvalue weighted by Crippen LogP contribution is 2.39. The van der Waals surface area contributed by atoms with Crippen molar-refractivity contribution in [3.63, 3.8) is 0 Å². The van der Waals surface area contributed by atoms with Crippen LogP contribution in [0.4, 0.5) is 0 Å². The summed E-state index contributed by atoms with van der Waals surface area (Å²) in [5.41, 5.74) is 2.05.